The molecule has 126 valence electrons. The molecule has 2 rings (SSSR count). The van der Waals surface area contributed by atoms with Gasteiger partial charge < -0.3 is 14.8 Å². The maximum absolute atomic E-state index is 12.1. The Balaban J connectivity index is 2.38. The topological polar surface area (TPSA) is 67.9 Å². The van der Waals surface area contributed by atoms with Gasteiger partial charge in [-0.15, -0.1) is 6.42 Å². The fraction of sp³-hybridized carbons (Fsp3) is 0.294. The second-order valence-corrected chi connectivity index (χ2v) is 5.96. The number of amides is 3. The number of halogens is 1. The third kappa shape index (κ3) is 3.82. The summed E-state index contributed by atoms with van der Waals surface area (Å²) in [4.78, 5) is 25.0. The molecule has 0 unspecified atom stereocenters. The van der Waals surface area contributed by atoms with Crippen molar-refractivity contribution < 1.29 is 19.1 Å². The van der Waals surface area contributed by atoms with Crippen molar-refractivity contribution >= 4 is 40.6 Å². The van der Waals surface area contributed by atoms with Crippen LogP contribution in [-0.4, -0.2) is 36.6 Å². The zero-order chi connectivity index (χ0) is 17.7. The number of carbonyl (C=O) groups is 2. The monoisotopic (exact) mass is 440 g/mol. The molecule has 0 atom stereocenters. The number of likely N-dealkylation sites (N-methyl/N-ethyl adjacent to an activating group) is 1. The van der Waals surface area contributed by atoms with E-state index in [4.69, 9.17) is 15.9 Å². The Hall–Kier alpha value is -2.21. The van der Waals surface area contributed by atoms with E-state index in [1.165, 1.54) is 0 Å². The summed E-state index contributed by atoms with van der Waals surface area (Å²) < 4.78 is 11.9. The number of hydrogen-bond acceptors (Lipinski definition) is 4. The summed E-state index contributed by atoms with van der Waals surface area (Å²) in [6.07, 6.45) is 6.85. The number of terminal acetylenes is 1. The zero-order valence-corrected chi connectivity index (χ0v) is 15.5. The van der Waals surface area contributed by atoms with Gasteiger partial charge in [0.05, 0.1) is 10.2 Å². The molecule has 0 spiro atoms. The van der Waals surface area contributed by atoms with Gasteiger partial charge in [-0.25, -0.2) is 4.79 Å². The number of hydrogen-bond donors (Lipinski definition) is 1. The minimum Gasteiger partial charge on any atom is -0.490 e. The molecule has 0 radical (unpaired) electrons. The minimum absolute atomic E-state index is 0.135. The van der Waals surface area contributed by atoms with Crippen molar-refractivity contribution in [1.29, 1.82) is 0 Å². The van der Waals surface area contributed by atoms with Crippen molar-refractivity contribution in [2.75, 3.05) is 19.8 Å². The predicted molar refractivity (Wildman–Crippen MR) is 98.6 cm³/mol. The van der Waals surface area contributed by atoms with Gasteiger partial charge in [0.25, 0.3) is 5.91 Å². The Labute approximate surface area is 154 Å². The molecule has 1 N–H and O–H groups in total. The summed E-state index contributed by atoms with van der Waals surface area (Å²) in [6, 6.07) is 3.16. The molecule has 1 heterocycles. The number of rotatable bonds is 6. The molecule has 0 saturated carbocycles. The highest BCUT2D eigenvalue weighted by Crippen LogP contribution is 2.35. The van der Waals surface area contributed by atoms with Gasteiger partial charge in [-0.3, -0.25) is 9.69 Å². The Bertz CT molecular complexity index is 737. The lowest BCUT2D eigenvalue weighted by atomic mass is 10.1. The molecule has 6 nitrogen and oxygen atoms in total. The molecule has 1 aliphatic rings. The van der Waals surface area contributed by atoms with Gasteiger partial charge in [-0.2, -0.15) is 0 Å². The number of carbonyl (C=O) groups excluding carboxylic acids is 2. The second-order valence-electron chi connectivity index (χ2n) is 4.79. The van der Waals surface area contributed by atoms with Crippen LogP contribution in [-0.2, 0) is 4.79 Å². The summed E-state index contributed by atoms with van der Waals surface area (Å²) in [5.41, 5.74) is 0.954. The Morgan fingerprint density at radius 1 is 1.33 bits per heavy atom. The summed E-state index contributed by atoms with van der Waals surface area (Å²) in [6.45, 7) is 4.53. The van der Waals surface area contributed by atoms with E-state index >= 15 is 0 Å². The van der Waals surface area contributed by atoms with E-state index in [0.717, 1.165) is 14.0 Å². The highest BCUT2D eigenvalue weighted by molar-refractivity contribution is 14.1. The molecule has 1 fully saturated rings. The first-order valence-electron chi connectivity index (χ1n) is 7.38. The lowest BCUT2D eigenvalue weighted by molar-refractivity contribution is -0.122. The van der Waals surface area contributed by atoms with Crippen molar-refractivity contribution in [2.24, 2.45) is 0 Å². The Morgan fingerprint density at radius 3 is 2.67 bits per heavy atom. The van der Waals surface area contributed by atoms with E-state index in [2.05, 4.69) is 33.8 Å². The van der Waals surface area contributed by atoms with E-state index < -0.39 is 6.03 Å². The van der Waals surface area contributed by atoms with Crippen LogP contribution < -0.4 is 14.8 Å². The predicted octanol–water partition coefficient (Wildman–Crippen LogP) is 2.61. The quantitative estimate of drug-likeness (QED) is 0.320. The summed E-state index contributed by atoms with van der Waals surface area (Å²) in [7, 11) is 0. The van der Waals surface area contributed by atoms with E-state index in [9.17, 15) is 9.59 Å². The van der Waals surface area contributed by atoms with Crippen LogP contribution in [0.3, 0.4) is 0 Å². The molecule has 0 bridgehead atoms. The van der Waals surface area contributed by atoms with Gasteiger partial charge in [0.1, 0.15) is 12.3 Å². The van der Waals surface area contributed by atoms with Crippen LogP contribution in [0.2, 0.25) is 0 Å². The number of urea groups is 1. The first-order chi connectivity index (χ1) is 11.5. The van der Waals surface area contributed by atoms with Crippen molar-refractivity contribution in [1.82, 2.24) is 10.2 Å². The van der Waals surface area contributed by atoms with Crippen molar-refractivity contribution in [3.05, 3.63) is 27.0 Å². The fourth-order valence-corrected chi connectivity index (χ4v) is 2.99. The van der Waals surface area contributed by atoms with Crippen LogP contribution in [0.5, 0.6) is 11.5 Å². The summed E-state index contributed by atoms with van der Waals surface area (Å²) in [5.74, 6) is 3.17. The molecular weight excluding hydrogens is 423 g/mol. The summed E-state index contributed by atoms with van der Waals surface area (Å²) >= 11 is 2.11. The molecule has 3 amide bonds. The molecule has 0 aliphatic carbocycles. The zero-order valence-electron chi connectivity index (χ0n) is 13.4. The van der Waals surface area contributed by atoms with E-state index in [-0.39, 0.29) is 18.2 Å². The lowest BCUT2D eigenvalue weighted by Gasteiger charge is -2.13. The molecular formula is C17H17IN2O4. The molecule has 1 saturated heterocycles. The van der Waals surface area contributed by atoms with Crippen LogP contribution in [0.25, 0.3) is 6.08 Å². The third-order valence-corrected chi connectivity index (χ3v) is 4.02. The highest BCUT2D eigenvalue weighted by Gasteiger charge is 2.32. The first kappa shape index (κ1) is 18.1. The van der Waals surface area contributed by atoms with Crippen LogP contribution in [0.1, 0.15) is 19.4 Å². The van der Waals surface area contributed by atoms with Gasteiger partial charge in [0.2, 0.25) is 0 Å². The molecule has 1 aliphatic heterocycles. The largest absolute Gasteiger partial charge is 0.490 e. The highest BCUT2D eigenvalue weighted by atomic mass is 127. The molecule has 1 aromatic rings. The average molecular weight is 440 g/mol. The molecule has 1 aromatic carbocycles. The van der Waals surface area contributed by atoms with Gasteiger partial charge in [0, 0.05) is 6.54 Å². The maximum Gasteiger partial charge on any atom is 0.328 e. The van der Waals surface area contributed by atoms with Gasteiger partial charge in [-0.05, 0) is 60.2 Å². The normalized spacial score (nSPS) is 15.4. The van der Waals surface area contributed by atoms with Crippen LogP contribution >= 0.6 is 22.6 Å². The van der Waals surface area contributed by atoms with E-state index in [1.54, 1.807) is 19.1 Å². The number of nitrogens with zero attached hydrogens (tertiary/aromatic N) is 1. The Kier molecular flexibility index (Phi) is 6.09. The molecule has 7 heteroatoms. The van der Waals surface area contributed by atoms with Crippen LogP contribution in [0.4, 0.5) is 4.79 Å². The van der Waals surface area contributed by atoms with Gasteiger partial charge in [-0.1, -0.05) is 5.92 Å². The van der Waals surface area contributed by atoms with Crippen molar-refractivity contribution in [3.63, 3.8) is 0 Å². The van der Waals surface area contributed by atoms with Crippen LogP contribution in [0, 0.1) is 15.9 Å². The maximum atomic E-state index is 12.1. The standard InChI is InChI=1S/C17H17IN2O4/c1-4-7-24-15-12(18)8-11(10-14(15)23-6-3)9-13-16(21)20(5-2)17(22)19-13/h1,8-10H,5-7H2,2-3H3,(H,19,22)/b13-9+. The number of imide groups is 1. The van der Waals surface area contributed by atoms with Gasteiger partial charge >= 0.3 is 6.03 Å². The van der Waals surface area contributed by atoms with Crippen LogP contribution in [0.15, 0.2) is 17.8 Å². The molecule has 24 heavy (non-hydrogen) atoms. The van der Waals surface area contributed by atoms with Gasteiger partial charge in [0.15, 0.2) is 11.5 Å². The fourth-order valence-electron chi connectivity index (χ4n) is 2.21. The van der Waals surface area contributed by atoms with Crippen molar-refractivity contribution in [2.45, 2.75) is 13.8 Å². The minimum atomic E-state index is -0.414. The van der Waals surface area contributed by atoms with Crippen molar-refractivity contribution in [3.8, 4) is 23.8 Å². The number of benzene rings is 1. The Morgan fingerprint density at radius 2 is 2.08 bits per heavy atom. The van der Waals surface area contributed by atoms with E-state index in [1.807, 2.05) is 13.0 Å². The summed E-state index contributed by atoms with van der Waals surface area (Å²) in [5, 5.41) is 2.57. The smallest absolute Gasteiger partial charge is 0.328 e. The lowest BCUT2D eigenvalue weighted by Crippen LogP contribution is -2.30. The average Bonchev–Trinajstić information content (AvgIpc) is 2.80. The van der Waals surface area contributed by atoms with E-state index in [0.29, 0.717) is 24.7 Å². The third-order valence-electron chi connectivity index (χ3n) is 3.22. The SMILES string of the molecule is C#CCOc1c(I)cc(/C=C2/NC(=O)N(CC)C2=O)cc1OCC. The number of ether oxygens (including phenoxy) is 2. The first-order valence-corrected chi connectivity index (χ1v) is 8.46. The second kappa shape index (κ2) is 8.06. The number of nitrogens with one attached hydrogen (secondary N) is 1. The molecule has 0 aromatic heterocycles.